The molecule has 2 aromatic carbocycles. The van der Waals surface area contributed by atoms with Gasteiger partial charge in [0.05, 0.1) is 10.6 Å². The maximum atomic E-state index is 14.2. The average molecular weight is 347 g/mol. The van der Waals surface area contributed by atoms with Crippen molar-refractivity contribution in [2.75, 3.05) is 0 Å². The van der Waals surface area contributed by atoms with E-state index in [1.54, 1.807) is 18.2 Å². The van der Waals surface area contributed by atoms with Crippen LogP contribution in [0.5, 0.6) is 0 Å². The van der Waals surface area contributed by atoms with Crippen molar-refractivity contribution in [3.63, 3.8) is 0 Å². The van der Waals surface area contributed by atoms with Gasteiger partial charge in [0.1, 0.15) is 5.82 Å². The molecule has 0 spiro atoms. The molecule has 1 nitrogen and oxygen atoms in total. The van der Waals surface area contributed by atoms with Crippen LogP contribution < -0.4 is 0 Å². The number of hydrogen-bond acceptors (Lipinski definition) is 1. The van der Waals surface area contributed by atoms with Gasteiger partial charge in [0.2, 0.25) is 0 Å². The number of halogens is 2. The van der Waals surface area contributed by atoms with Crippen LogP contribution in [-0.2, 0) is 6.42 Å². The first-order valence-electron chi connectivity index (χ1n) is 7.38. The van der Waals surface area contributed by atoms with Crippen molar-refractivity contribution >= 4 is 15.9 Å². The monoisotopic (exact) mass is 346 g/mol. The molecule has 2 aliphatic rings. The molecule has 0 saturated heterocycles. The standard InChI is InChI=1S/C18H16BrFO/c19-14-7-3-6-13(17(14)20)18(21)16-12-9-8-10-4-1-2-5-11(10)15(12)16/h1-7,12,15-16,18,21H,8-9H2. The van der Waals surface area contributed by atoms with Gasteiger partial charge in [-0.3, -0.25) is 0 Å². The van der Waals surface area contributed by atoms with E-state index in [4.69, 9.17) is 0 Å². The van der Waals surface area contributed by atoms with Crippen LogP contribution in [0, 0.1) is 17.7 Å². The zero-order valence-corrected chi connectivity index (χ0v) is 13.1. The summed E-state index contributed by atoms with van der Waals surface area (Å²) in [6.07, 6.45) is 1.45. The van der Waals surface area contributed by atoms with Crippen LogP contribution in [0.2, 0.25) is 0 Å². The van der Waals surface area contributed by atoms with Gasteiger partial charge in [-0.2, -0.15) is 0 Å². The van der Waals surface area contributed by atoms with Crippen molar-refractivity contribution < 1.29 is 9.50 Å². The Morgan fingerprint density at radius 3 is 2.81 bits per heavy atom. The van der Waals surface area contributed by atoms with Crippen molar-refractivity contribution in [1.29, 1.82) is 0 Å². The highest BCUT2D eigenvalue weighted by Gasteiger charge is 2.56. The molecular formula is C18H16BrFO. The van der Waals surface area contributed by atoms with Crippen molar-refractivity contribution in [2.24, 2.45) is 11.8 Å². The Morgan fingerprint density at radius 2 is 1.95 bits per heavy atom. The molecule has 4 rings (SSSR count). The Labute approximate surface area is 131 Å². The van der Waals surface area contributed by atoms with Gasteiger partial charge in [-0.1, -0.05) is 36.4 Å². The number of aryl methyl sites for hydroxylation is 1. The van der Waals surface area contributed by atoms with Crippen LogP contribution in [0.3, 0.4) is 0 Å². The highest BCUT2D eigenvalue weighted by Crippen LogP contribution is 2.64. The first kappa shape index (κ1) is 13.5. The molecule has 0 aliphatic heterocycles. The smallest absolute Gasteiger partial charge is 0.143 e. The fourth-order valence-electron chi connectivity index (χ4n) is 4.01. The van der Waals surface area contributed by atoms with Crippen LogP contribution in [0.4, 0.5) is 4.39 Å². The maximum absolute atomic E-state index is 14.2. The second-order valence-electron chi connectivity index (χ2n) is 6.09. The molecule has 1 saturated carbocycles. The Bertz CT molecular complexity index is 699. The van der Waals surface area contributed by atoms with Gasteiger partial charge in [-0.25, -0.2) is 4.39 Å². The van der Waals surface area contributed by atoms with Gasteiger partial charge >= 0.3 is 0 Å². The summed E-state index contributed by atoms with van der Waals surface area (Å²) in [7, 11) is 0. The molecule has 1 fully saturated rings. The summed E-state index contributed by atoms with van der Waals surface area (Å²) in [5, 5.41) is 10.7. The Hall–Kier alpha value is -1.19. The lowest BCUT2D eigenvalue weighted by Gasteiger charge is -2.14. The predicted octanol–water partition coefficient (Wildman–Crippen LogP) is 4.60. The lowest BCUT2D eigenvalue weighted by atomic mass is 9.92. The highest BCUT2D eigenvalue weighted by molar-refractivity contribution is 9.10. The van der Waals surface area contributed by atoms with Crippen molar-refractivity contribution in [1.82, 2.24) is 0 Å². The molecule has 108 valence electrons. The molecule has 4 unspecified atom stereocenters. The van der Waals surface area contributed by atoms with Gasteiger partial charge < -0.3 is 5.11 Å². The fourth-order valence-corrected chi connectivity index (χ4v) is 4.39. The topological polar surface area (TPSA) is 20.2 Å². The molecular weight excluding hydrogens is 331 g/mol. The minimum atomic E-state index is -0.719. The highest BCUT2D eigenvalue weighted by atomic mass is 79.9. The van der Waals surface area contributed by atoms with Gasteiger partial charge in [0.15, 0.2) is 0 Å². The first-order valence-corrected chi connectivity index (χ1v) is 8.17. The second kappa shape index (κ2) is 4.92. The van der Waals surface area contributed by atoms with E-state index in [2.05, 4.69) is 40.2 Å². The van der Waals surface area contributed by atoms with E-state index in [0.29, 0.717) is 21.9 Å². The number of rotatable bonds is 2. The number of benzene rings is 2. The summed E-state index contributed by atoms with van der Waals surface area (Å²) < 4.78 is 14.6. The lowest BCUT2D eigenvalue weighted by Crippen LogP contribution is -2.05. The molecule has 21 heavy (non-hydrogen) atoms. The summed E-state index contributed by atoms with van der Waals surface area (Å²) in [6, 6.07) is 13.6. The molecule has 1 N–H and O–H groups in total. The van der Waals surface area contributed by atoms with E-state index in [1.807, 2.05) is 0 Å². The molecule has 0 amide bonds. The first-order chi connectivity index (χ1) is 10.2. The second-order valence-corrected chi connectivity index (χ2v) is 6.95. The summed E-state index contributed by atoms with van der Waals surface area (Å²) in [6.45, 7) is 0. The van der Waals surface area contributed by atoms with Crippen LogP contribution in [-0.4, -0.2) is 5.11 Å². The zero-order valence-electron chi connectivity index (χ0n) is 11.5. The van der Waals surface area contributed by atoms with E-state index in [1.165, 1.54) is 11.1 Å². The third-order valence-electron chi connectivity index (χ3n) is 5.06. The quantitative estimate of drug-likeness (QED) is 0.842. The number of aliphatic hydroxyl groups is 1. The van der Waals surface area contributed by atoms with Crippen LogP contribution in [0.1, 0.15) is 35.1 Å². The largest absolute Gasteiger partial charge is 0.388 e. The molecule has 2 aromatic rings. The SMILES string of the molecule is OC(c1cccc(Br)c1F)C1C2CCc3ccccc3C21. The van der Waals surface area contributed by atoms with Gasteiger partial charge in [0.25, 0.3) is 0 Å². The molecule has 4 atom stereocenters. The lowest BCUT2D eigenvalue weighted by molar-refractivity contribution is 0.140. The number of aliphatic hydroxyl groups excluding tert-OH is 1. The third-order valence-corrected chi connectivity index (χ3v) is 5.67. The Morgan fingerprint density at radius 1 is 1.14 bits per heavy atom. The van der Waals surface area contributed by atoms with Crippen molar-refractivity contribution in [3.8, 4) is 0 Å². The average Bonchev–Trinajstić information content (AvgIpc) is 3.24. The molecule has 0 aromatic heterocycles. The number of fused-ring (bicyclic) bond motifs is 3. The summed E-state index contributed by atoms with van der Waals surface area (Å²) in [4.78, 5) is 0. The van der Waals surface area contributed by atoms with E-state index in [0.717, 1.165) is 12.8 Å². The van der Waals surface area contributed by atoms with E-state index >= 15 is 0 Å². The summed E-state index contributed by atoms with van der Waals surface area (Å²) >= 11 is 3.20. The van der Waals surface area contributed by atoms with Gasteiger partial charge in [0, 0.05) is 5.56 Å². The van der Waals surface area contributed by atoms with Crippen molar-refractivity contribution in [2.45, 2.75) is 24.9 Å². The molecule has 0 heterocycles. The van der Waals surface area contributed by atoms with Gasteiger partial charge in [-0.05, 0) is 63.7 Å². The molecule has 2 aliphatic carbocycles. The zero-order chi connectivity index (χ0) is 14.6. The van der Waals surface area contributed by atoms with Crippen molar-refractivity contribution in [3.05, 3.63) is 69.4 Å². The Balaban J connectivity index is 1.66. The number of hydrogen-bond donors (Lipinski definition) is 1. The molecule has 0 bridgehead atoms. The minimum absolute atomic E-state index is 0.150. The fraction of sp³-hybridized carbons (Fsp3) is 0.333. The van der Waals surface area contributed by atoms with E-state index < -0.39 is 6.10 Å². The Kier molecular flexibility index (Phi) is 3.16. The van der Waals surface area contributed by atoms with E-state index in [9.17, 15) is 9.50 Å². The summed E-state index contributed by atoms with van der Waals surface area (Å²) in [5.74, 6) is 0.705. The molecule has 0 radical (unpaired) electrons. The predicted molar refractivity (Wildman–Crippen MR) is 83.5 cm³/mol. The van der Waals surface area contributed by atoms with Gasteiger partial charge in [-0.15, -0.1) is 0 Å². The normalized spacial score (nSPS) is 27.7. The molecule has 3 heteroatoms. The third kappa shape index (κ3) is 2.06. The maximum Gasteiger partial charge on any atom is 0.143 e. The van der Waals surface area contributed by atoms with Crippen LogP contribution in [0.25, 0.3) is 0 Å². The van der Waals surface area contributed by atoms with Crippen LogP contribution >= 0.6 is 15.9 Å². The summed E-state index contributed by atoms with van der Waals surface area (Å²) in [5.41, 5.74) is 3.16. The van der Waals surface area contributed by atoms with Crippen LogP contribution in [0.15, 0.2) is 46.9 Å². The van der Waals surface area contributed by atoms with E-state index in [-0.39, 0.29) is 11.7 Å². The minimum Gasteiger partial charge on any atom is -0.388 e.